The maximum atomic E-state index is 13.2. The van der Waals surface area contributed by atoms with Crippen molar-refractivity contribution in [1.29, 1.82) is 0 Å². The molecule has 162 valence electrons. The Balaban J connectivity index is 1.96. The number of fused-ring (bicyclic) bond motifs is 1. The Morgan fingerprint density at radius 1 is 1.00 bits per heavy atom. The van der Waals surface area contributed by atoms with Crippen LogP contribution in [-0.2, 0) is 16.8 Å². The van der Waals surface area contributed by atoms with Crippen molar-refractivity contribution in [1.82, 2.24) is 0 Å². The zero-order chi connectivity index (χ0) is 21.4. The lowest BCUT2D eigenvalue weighted by atomic mass is 9.89. The van der Waals surface area contributed by atoms with Crippen LogP contribution < -0.4 is 4.90 Å². The summed E-state index contributed by atoms with van der Waals surface area (Å²) >= 11 is 0. The van der Waals surface area contributed by atoms with Crippen LogP contribution in [0.3, 0.4) is 0 Å². The number of anilines is 1. The van der Waals surface area contributed by atoms with Crippen LogP contribution in [0, 0.1) is 5.92 Å². The molecule has 9 heteroatoms. The summed E-state index contributed by atoms with van der Waals surface area (Å²) < 4.78 is 79.2. The highest BCUT2D eigenvalue weighted by atomic mass is 19.4. The number of alkyl halides is 6. The van der Waals surface area contributed by atoms with Crippen molar-refractivity contribution in [3.05, 3.63) is 29.3 Å². The van der Waals surface area contributed by atoms with Gasteiger partial charge in [-0.2, -0.15) is 26.3 Å². The van der Waals surface area contributed by atoms with Gasteiger partial charge in [-0.3, -0.25) is 4.79 Å². The minimum Gasteiger partial charge on any atom is -0.369 e. The van der Waals surface area contributed by atoms with E-state index in [0.29, 0.717) is 37.6 Å². The summed E-state index contributed by atoms with van der Waals surface area (Å²) in [5, 5.41) is 9.66. The van der Waals surface area contributed by atoms with Gasteiger partial charge in [-0.05, 0) is 49.7 Å². The van der Waals surface area contributed by atoms with Gasteiger partial charge in [0.1, 0.15) is 0 Å². The Bertz CT molecular complexity index is 738. The lowest BCUT2D eigenvalue weighted by Gasteiger charge is -2.33. The van der Waals surface area contributed by atoms with Gasteiger partial charge >= 0.3 is 12.4 Å². The lowest BCUT2D eigenvalue weighted by molar-refractivity contribution is -0.376. The third kappa shape index (κ3) is 4.11. The van der Waals surface area contributed by atoms with E-state index < -0.39 is 23.5 Å². The maximum Gasteiger partial charge on any atom is 0.430 e. The Morgan fingerprint density at radius 3 is 2.21 bits per heavy atom. The number of amides is 1. The quantitative estimate of drug-likeness (QED) is 0.675. The van der Waals surface area contributed by atoms with E-state index in [4.69, 9.17) is 0 Å². The number of aryl methyl sites for hydroxylation is 1. The van der Waals surface area contributed by atoms with Gasteiger partial charge in [-0.1, -0.05) is 25.0 Å². The fourth-order valence-corrected chi connectivity index (χ4v) is 4.30. The van der Waals surface area contributed by atoms with Gasteiger partial charge in [-0.25, -0.2) is 0 Å². The van der Waals surface area contributed by atoms with Crippen molar-refractivity contribution in [3.63, 3.8) is 0 Å². The van der Waals surface area contributed by atoms with Gasteiger partial charge in [0.25, 0.3) is 5.60 Å². The highest BCUT2D eigenvalue weighted by Gasteiger charge is 2.71. The molecule has 0 radical (unpaired) electrons. The van der Waals surface area contributed by atoms with Crippen LogP contribution in [0.4, 0.5) is 32.0 Å². The minimum atomic E-state index is -5.93. The number of nitrogens with zero attached hydrogens (tertiary/aromatic N) is 1. The zero-order valence-corrected chi connectivity index (χ0v) is 15.7. The molecular formula is C20H23F6NO2. The molecular weight excluding hydrogens is 400 g/mol. The van der Waals surface area contributed by atoms with E-state index in [1.165, 1.54) is 4.90 Å². The summed E-state index contributed by atoms with van der Waals surface area (Å²) in [7, 11) is 0. The largest absolute Gasteiger partial charge is 0.430 e. The van der Waals surface area contributed by atoms with E-state index >= 15 is 0 Å². The fraction of sp³-hybridized carbons (Fsp3) is 0.650. The number of aliphatic hydroxyl groups is 1. The number of benzene rings is 1. The molecule has 1 amide bonds. The normalized spacial score (nSPS) is 19.2. The maximum absolute atomic E-state index is 13.2. The Morgan fingerprint density at radius 2 is 1.62 bits per heavy atom. The first-order valence-corrected chi connectivity index (χ1v) is 9.74. The number of rotatable bonds is 3. The first kappa shape index (κ1) is 21.9. The van der Waals surface area contributed by atoms with Gasteiger partial charge in [0.2, 0.25) is 5.91 Å². The van der Waals surface area contributed by atoms with Crippen molar-refractivity contribution in [2.75, 3.05) is 11.4 Å². The van der Waals surface area contributed by atoms with Gasteiger partial charge in [-0.15, -0.1) is 0 Å². The van der Waals surface area contributed by atoms with E-state index in [-0.39, 0.29) is 23.8 Å². The second-order valence-corrected chi connectivity index (χ2v) is 7.91. The van der Waals surface area contributed by atoms with Gasteiger partial charge in [0.15, 0.2) is 0 Å². The molecule has 3 nitrogen and oxygen atoms in total. The van der Waals surface area contributed by atoms with Crippen LogP contribution in [-0.4, -0.2) is 29.9 Å². The summed E-state index contributed by atoms with van der Waals surface area (Å²) in [5.74, 6) is 0.115. The number of carbonyl (C=O) groups excluding carboxylic acids is 1. The monoisotopic (exact) mass is 423 g/mol. The van der Waals surface area contributed by atoms with E-state index in [0.717, 1.165) is 37.8 Å². The summed E-state index contributed by atoms with van der Waals surface area (Å²) in [6.07, 6.45) is -6.13. The van der Waals surface area contributed by atoms with Crippen LogP contribution in [0.1, 0.15) is 56.1 Å². The van der Waals surface area contributed by atoms with Crippen molar-refractivity contribution < 1.29 is 36.2 Å². The smallest absolute Gasteiger partial charge is 0.369 e. The molecule has 29 heavy (non-hydrogen) atoms. The highest BCUT2D eigenvalue weighted by Crippen LogP contribution is 2.50. The molecule has 1 aromatic carbocycles. The predicted octanol–water partition coefficient (Wildman–Crippen LogP) is 5.25. The molecule has 1 aliphatic carbocycles. The van der Waals surface area contributed by atoms with Gasteiger partial charge in [0, 0.05) is 24.2 Å². The van der Waals surface area contributed by atoms with Crippen LogP contribution in [0.25, 0.3) is 0 Å². The molecule has 1 saturated carbocycles. The molecule has 0 aromatic heterocycles. The summed E-state index contributed by atoms with van der Waals surface area (Å²) in [5.41, 5.74) is -5.69. The average Bonchev–Trinajstić information content (AvgIpc) is 3.02. The van der Waals surface area contributed by atoms with Crippen molar-refractivity contribution in [3.8, 4) is 0 Å². The summed E-state index contributed by atoms with van der Waals surface area (Å²) in [6, 6.07) is 2.48. The molecule has 0 unspecified atom stereocenters. The fourth-order valence-electron chi connectivity index (χ4n) is 4.30. The minimum absolute atomic E-state index is 0.158. The first-order valence-electron chi connectivity index (χ1n) is 9.74. The molecule has 3 rings (SSSR count). The molecule has 0 bridgehead atoms. The highest BCUT2D eigenvalue weighted by molar-refractivity contribution is 5.94. The van der Waals surface area contributed by atoms with Crippen LogP contribution in [0.15, 0.2) is 18.2 Å². The molecule has 0 atom stereocenters. The number of hydrogen-bond acceptors (Lipinski definition) is 2. The number of carbonyl (C=O) groups is 1. The third-order valence-electron chi connectivity index (χ3n) is 5.93. The van der Waals surface area contributed by atoms with Crippen molar-refractivity contribution >= 4 is 11.6 Å². The van der Waals surface area contributed by atoms with E-state index in [9.17, 15) is 36.2 Å². The summed E-state index contributed by atoms with van der Waals surface area (Å²) in [4.78, 5) is 14.3. The first-order chi connectivity index (χ1) is 13.4. The average molecular weight is 423 g/mol. The standard InChI is InChI=1S/C20H23F6NO2/c21-19(22,23)18(29,20(24,25)26)15-8-9-16-14(12-15)7-3-4-10-27(16)17(28)11-13-5-1-2-6-13/h8-9,12-13,29H,1-7,10-11H2. The second-order valence-electron chi connectivity index (χ2n) is 7.91. The second kappa shape index (κ2) is 7.81. The Kier molecular flexibility index (Phi) is 5.91. The number of halogens is 6. The zero-order valence-electron chi connectivity index (χ0n) is 15.7. The molecule has 0 spiro atoms. The molecule has 2 aliphatic rings. The van der Waals surface area contributed by atoms with Crippen LogP contribution in [0.5, 0.6) is 0 Å². The van der Waals surface area contributed by atoms with Crippen LogP contribution >= 0.6 is 0 Å². The molecule has 1 aromatic rings. The van der Waals surface area contributed by atoms with E-state index in [1.54, 1.807) is 0 Å². The third-order valence-corrected chi connectivity index (χ3v) is 5.93. The SMILES string of the molecule is O=C(CC1CCCC1)N1CCCCc2cc(C(O)(C(F)(F)F)C(F)(F)F)ccc21. The van der Waals surface area contributed by atoms with Crippen molar-refractivity contribution in [2.45, 2.75) is 69.3 Å². The lowest BCUT2D eigenvalue weighted by Crippen LogP contribution is -2.54. The molecule has 1 fully saturated rings. The number of hydrogen-bond donors (Lipinski definition) is 1. The Hall–Kier alpha value is -1.77. The topological polar surface area (TPSA) is 40.5 Å². The van der Waals surface area contributed by atoms with E-state index in [1.807, 2.05) is 0 Å². The summed E-state index contributed by atoms with van der Waals surface area (Å²) in [6.45, 7) is 0.376. The van der Waals surface area contributed by atoms with Crippen molar-refractivity contribution in [2.24, 2.45) is 5.92 Å². The van der Waals surface area contributed by atoms with E-state index in [2.05, 4.69) is 0 Å². The molecule has 1 aliphatic heterocycles. The Labute approximate surface area is 164 Å². The predicted molar refractivity (Wildman–Crippen MR) is 94.3 cm³/mol. The van der Waals surface area contributed by atoms with Gasteiger partial charge in [0.05, 0.1) is 0 Å². The molecule has 0 saturated heterocycles. The van der Waals surface area contributed by atoms with Crippen LogP contribution in [0.2, 0.25) is 0 Å². The van der Waals surface area contributed by atoms with Gasteiger partial charge < -0.3 is 10.0 Å². The molecule has 1 N–H and O–H groups in total. The molecule has 1 heterocycles.